The van der Waals surface area contributed by atoms with Crippen molar-refractivity contribution in [1.29, 1.82) is 0 Å². The van der Waals surface area contributed by atoms with Crippen LogP contribution in [-0.4, -0.2) is 28.0 Å². The van der Waals surface area contributed by atoms with E-state index in [0.717, 1.165) is 11.3 Å². The Balaban J connectivity index is 2.26. The summed E-state index contributed by atoms with van der Waals surface area (Å²) in [5, 5.41) is 17.4. The first kappa shape index (κ1) is 11.1. The average Bonchev–Trinajstić information content (AvgIpc) is 2.19. The van der Waals surface area contributed by atoms with Gasteiger partial charge in [-0.1, -0.05) is 30.3 Å². The minimum Gasteiger partial charge on any atom is -0.479 e. The van der Waals surface area contributed by atoms with Gasteiger partial charge in [-0.15, -0.1) is 0 Å². The van der Waals surface area contributed by atoms with Crippen LogP contribution in [0.1, 0.15) is 5.56 Å². The van der Waals surface area contributed by atoms with Gasteiger partial charge in [0.05, 0.1) is 0 Å². The minimum atomic E-state index is -1.26. The second kappa shape index (κ2) is 5.67. The number of rotatable bonds is 5. The fourth-order valence-corrected chi connectivity index (χ4v) is 1.85. The Bertz CT molecular complexity index is 287. The summed E-state index contributed by atoms with van der Waals surface area (Å²) in [5.74, 6) is -0.208. The van der Waals surface area contributed by atoms with Gasteiger partial charge in [0.15, 0.2) is 6.10 Å². The lowest BCUT2D eigenvalue weighted by Gasteiger charge is -2.04. The van der Waals surface area contributed by atoms with E-state index >= 15 is 0 Å². The summed E-state index contributed by atoms with van der Waals surface area (Å²) >= 11 is 1.41. The molecule has 14 heavy (non-hydrogen) atoms. The summed E-state index contributed by atoms with van der Waals surface area (Å²) in [4.78, 5) is 10.3. The zero-order valence-corrected chi connectivity index (χ0v) is 8.41. The molecule has 1 aromatic carbocycles. The number of aliphatic hydroxyl groups excluding tert-OH is 1. The lowest BCUT2D eigenvalue weighted by Crippen LogP contribution is -2.21. The van der Waals surface area contributed by atoms with Crippen molar-refractivity contribution in [3.05, 3.63) is 35.9 Å². The second-order valence-corrected chi connectivity index (χ2v) is 3.89. The predicted molar refractivity (Wildman–Crippen MR) is 56.2 cm³/mol. The number of carboxylic acids is 1. The molecule has 0 spiro atoms. The largest absolute Gasteiger partial charge is 0.479 e. The van der Waals surface area contributed by atoms with Gasteiger partial charge in [0.25, 0.3) is 0 Å². The third-order valence-electron chi connectivity index (χ3n) is 1.67. The van der Waals surface area contributed by atoms with Gasteiger partial charge in [-0.3, -0.25) is 0 Å². The van der Waals surface area contributed by atoms with Crippen LogP contribution in [0, 0.1) is 0 Å². The Hall–Kier alpha value is -1.00. The molecule has 1 rings (SSSR count). The predicted octanol–water partition coefficient (Wildman–Crippen LogP) is 1.37. The minimum absolute atomic E-state index is 0.226. The lowest BCUT2D eigenvalue weighted by atomic mass is 10.2. The molecule has 4 heteroatoms. The number of aliphatic carboxylic acids is 1. The maximum Gasteiger partial charge on any atom is 0.333 e. The molecule has 0 aliphatic rings. The van der Waals surface area contributed by atoms with E-state index in [1.807, 2.05) is 30.3 Å². The maximum absolute atomic E-state index is 10.3. The number of aliphatic hydroxyl groups is 1. The molecule has 0 radical (unpaired) electrons. The summed E-state index contributed by atoms with van der Waals surface area (Å²) in [7, 11) is 0. The van der Waals surface area contributed by atoms with Crippen LogP contribution in [0.2, 0.25) is 0 Å². The quantitative estimate of drug-likeness (QED) is 0.774. The number of carbonyl (C=O) groups is 1. The van der Waals surface area contributed by atoms with Crippen LogP contribution in [0.15, 0.2) is 30.3 Å². The number of hydrogen-bond donors (Lipinski definition) is 2. The molecule has 0 saturated carbocycles. The summed E-state index contributed by atoms with van der Waals surface area (Å²) in [6, 6.07) is 9.74. The first-order valence-corrected chi connectivity index (χ1v) is 5.38. The van der Waals surface area contributed by atoms with Crippen LogP contribution >= 0.6 is 11.8 Å². The third-order valence-corrected chi connectivity index (χ3v) is 2.76. The van der Waals surface area contributed by atoms with Crippen molar-refractivity contribution < 1.29 is 15.0 Å². The van der Waals surface area contributed by atoms with Gasteiger partial charge in [0, 0.05) is 11.5 Å². The Morgan fingerprint density at radius 3 is 2.57 bits per heavy atom. The highest BCUT2D eigenvalue weighted by atomic mass is 32.2. The standard InChI is InChI=1S/C10H12O3S/c11-9(10(12)13)7-14-6-8-4-2-1-3-5-8/h1-5,9,11H,6-7H2,(H,12,13)/t9-/m0/s1. The second-order valence-electron chi connectivity index (χ2n) is 2.85. The molecule has 2 N–H and O–H groups in total. The van der Waals surface area contributed by atoms with Gasteiger partial charge >= 0.3 is 5.97 Å². The third kappa shape index (κ3) is 3.81. The lowest BCUT2D eigenvalue weighted by molar-refractivity contribution is -0.145. The van der Waals surface area contributed by atoms with Gasteiger partial charge in [0.1, 0.15) is 0 Å². The Morgan fingerprint density at radius 1 is 1.36 bits per heavy atom. The molecular formula is C10H12O3S. The number of carboxylic acid groups (broad SMARTS) is 1. The molecule has 0 heterocycles. The number of benzene rings is 1. The van der Waals surface area contributed by atoms with E-state index in [1.165, 1.54) is 11.8 Å². The molecule has 0 aliphatic carbocycles. The molecule has 76 valence electrons. The number of thioether (sulfide) groups is 1. The van der Waals surface area contributed by atoms with E-state index in [1.54, 1.807) is 0 Å². The molecule has 3 nitrogen and oxygen atoms in total. The van der Waals surface area contributed by atoms with Crippen molar-refractivity contribution in [2.75, 3.05) is 5.75 Å². The van der Waals surface area contributed by atoms with E-state index in [9.17, 15) is 4.79 Å². The van der Waals surface area contributed by atoms with E-state index in [4.69, 9.17) is 10.2 Å². The van der Waals surface area contributed by atoms with E-state index in [2.05, 4.69) is 0 Å². The zero-order valence-electron chi connectivity index (χ0n) is 7.59. The highest BCUT2D eigenvalue weighted by Gasteiger charge is 2.12. The molecule has 0 fully saturated rings. The van der Waals surface area contributed by atoms with E-state index in [-0.39, 0.29) is 5.75 Å². The smallest absolute Gasteiger partial charge is 0.333 e. The molecule has 1 aromatic rings. The first-order valence-electron chi connectivity index (χ1n) is 4.22. The molecular weight excluding hydrogens is 200 g/mol. The van der Waals surface area contributed by atoms with Crippen LogP contribution in [0.25, 0.3) is 0 Å². The molecule has 0 bridgehead atoms. The Kier molecular flexibility index (Phi) is 4.49. The van der Waals surface area contributed by atoms with Crippen molar-refractivity contribution in [2.24, 2.45) is 0 Å². The molecule has 0 aromatic heterocycles. The summed E-state index contributed by atoms with van der Waals surface area (Å²) < 4.78 is 0. The van der Waals surface area contributed by atoms with Crippen molar-refractivity contribution in [3.8, 4) is 0 Å². The fraction of sp³-hybridized carbons (Fsp3) is 0.300. The van der Waals surface area contributed by atoms with Crippen molar-refractivity contribution >= 4 is 17.7 Å². The van der Waals surface area contributed by atoms with Crippen LogP contribution < -0.4 is 0 Å². The summed E-state index contributed by atoms with van der Waals surface area (Å²) in [6.45, 7) is 0. The van der Waals surface area contributed by atoms with Crippen LogP contribution in [0.4, 0.5) is 0 Å². The fourth-order valence-electron chi connectivity index (χ4n) is 0.934. The van der Waals surface area contributed by atoms with Crippen molar-refractivity contribution in [3.63, 3.8) is 0 Å². The zero-order chi connectivity index (χ0) is 10.4. The highest BCUT2D eigenvalue weighted by Crippen LogP contribution is 2.12. The van der Waals surface area contributed by atoms with Gasteiger partial charge in [-0.05, 0) is 5.56 Å². The average molecular weight is 212 g/mol. The van der Waals surface area contributed by atoms with Crippen LogP contribution in [-0.2, 0) is 10.5 Å². The van der Waals surface area contributed by atoms with Gasteiger partial charge in [-0.25, -0.2) is 4.79 Å². The van der Waals surface area contributed by atoms with E-state index < -0.39 is 12.1 Å². The number of hydrogen-bond acceptors (Lipinski definition) is 3. The highest BCUT2D eigenvalue weighted by molar-refractivity contribution is 7.98. The van der Waals surface area contributed by atoms with Crippen LogP contribution in [0.3, 0.4) is 0 Å². The SMILES string of the molecule is O=C(O)[C@@H](O)CSCc1ccccc1. The maximum atomic E-state index is 10.3. The topological polar surface area (TPSA) is 57.5 Å². The Labute approximate surface area is 86.8 Å². The first-order chi connectivity index (χ1) is 6.70. The summed E-state index contributed by atoms with van der Waals surface area (Å²) in [6.07, 6.45) is -1.26. The van der Waals surface area contributed by atoms with Gasteiger partial charge in [0.2, 0.25) is 0 Å². The van der Waals surface area contributed by atoms with Gasteiger partial charge in [-0.2, -0.15) is 11.8 Å². The summed E-state index contributed by atoms with van der Waals surface area (Å²) in [5.41, 5.74) is 1.13. The molecule has 0 amide bonds. The molecule has 0 aliphatic heterocycles. The van der Waals surface area contributed by atoms with Gasteiger partial charge < -0.3 is 10.2 Å². The van der Waals surface area contributed by atoms with Crippen molar-refractivity contribution in [2.45, 2.75) is 11.9 Å². The monoisotopic (exact) mass is 212 g/mol. The normalized spacial score (nSPS) is 12.4. The molecule has 0 unspecified atom stereocenters. The van der Waals surface area contributed by atoms with Crippen molar-refractivity contribution in [1.82, 2.24) is 0 Å². The van der Waals surface area contributed by atoms with Crippen LogP contribution in [0.5, 0.6) is 0 Å². The molecule has 1 atom stereocenters. The Morgan fingerprint density at radius 2 is 2.00 bits per heavy atom. The van der Waals surface area contributed by atoms with E-state index in [0.29, 0.717) is 0 Å². The molecule has 0 saturated heterocycles.